The Morgan fingerprint density at radius 1 is 1.62 bits per heavy atom. The monoisotopic (exact) mass is 178 g/mol. The molecule has 1 aromatic rings. The van der Waals surface area contributed by atoms with Gasteiger partial charge in [0.2, 0.25) is 0 Å². The highest BCUT2D eigenvalue weighted by molar-refractivity contribution is 6.32. The van der Waals surface area contributed by atoms with Gasteiger partial charge in [0, 0.05) is 12.1 Å². The van der Waals surface area contributed by atoms with Gasteiger partial charge in [-0.2, -0.15) is 4.79 Å². The number of rotatable bonds is 2. The molecule has 0 fully saturated rings. The summed E-state index contributed by atoms with van der Waals surface area (Å²) >= 11 is 0. The third kappa shape index (κ3) is 2.21. The minimum absolute atomic E-state index is 0.136. The summed E-state index contributed by atoms with van der Waals surface area (Å²) in [5, 5.41) is 0. The normalized spacial score (nSPS) is 9.00. The first kappa shape index (κ1) is 9.09. The lowest BCUT2D eigenvalue weighted by atomic mass is 10.3. The minimum Gasteiger partial charge on any atom is -0.457 e. The summed E-state index contributed by atoms with van der Waals surface area (Å²) in [7, 11) is 0. The van der Waals surface area contributed by atoms with Gasteiger partial charge in [0.05, 0.1) is 0 Å². The van der Waals surface area contributed by atoms with Crippen LogP contribution in [0.3, 0.4) is 0 Å². The molecule has 0 aliphatic heterocycles. The third-order valence-corrected chi connectivity index (χ3v) is 1.31. The van der Waals surface area contributed by atoms with Gasteiger partial charge in [0.25, 0.3) is 0 Å². The molecule has 0 aliphatic carbocycles. The molecule has 5 nitrogen and oxygen atoms in total. The van der Waals surface area contributed by atoms with Gasteiger partial charge in [-0.15, -0.1) is 0 Å². The summed E-state index contributed by atoms with van der Waals surface area (Å²) in [6, 6.07) is 2.30. The second kappa shape index (κ2) is 3.60. The summed E-state index contributed by atoms with van der Waals surface area (Å²) < 4.78 is 4.92. The maximum atomic E-state index is 11.0. The second-order valence-electron chi connectivity index (χ2n) is 2.38. The van der Waals surface area contributed by atoms with Crippen molar-refractivity contribution in [3.8, 4) is 0 Å². The molecule has 13 heavy (non-hydrogen) atoms. The summed E-state index contributed by atoms with van der Waals surface area (Å²) in [6.45, 7) is 1.55. The van der Waals surface area contributed by atoms with Gasteiger partial charge in [-0.25, -0.2) is 0 Å². The molecule has 1 rings (SSSR count). The molecule has 0 aromatic carbocycles. The summed E-state index contributed by atoms with van der Waals surface area (Å²) in [6.07, 6.45) is 0.664. The summed E-state index contributed by atoms with van der Waals surface area (Å²) in [4.78, 5) is 24.4. The zero-order valence-corrected chi connectivity index (χ0v) is 6.85. The van der Waals surface area contributed by atoms with Crippen LogP contribution in [0.5, 0.6) is 0 Å². The first-order valence-electron chi connectivity index (χ1n) is 3.47. The zero-order chi connectivity index (χ0) is 9.84. The Morgan fingerprint density at radius 2 is 2.31 bits per heavy atom. The fourth-order valence-electron chi connectivity index (χ4n) is 0.841. The van der Waals surface area contributed by atoms with Crippen LogP contribution in [0.15, 0.2) is 21.3 Å². The van der Waals surface area contributed by atoms with Crippen LogP contribution < -0.4 is 5.43 Å². The SMILES string of the molecule is Cc1cc(=O)cc(C(=O)C=[N+]=[N-])o1. The van der Waals surface area contributed by atoms with Crippen LogP contribution in [0.2, 0.25) is 0 Å². The van der Waals surface area contributed by atoms with Gasteiger partial charge in [0.15, 0.2) is 11.2 Å². The fourth-order valence-corrected chi connectivity index (χ4v) is 0.841. The number of carbonyl (C=O) groups excluding carboxylic acids is 1. The highest BCUT2D eigenvalue weighted by Gasteiger charge is 2.10. The van der Waals surface area contributed by atoms with Crippen molar-refractivity contribution in [1.82, 2.24) is 0 Å². The maximum Gasteiger partial charge on any atom is 0.331 e. The molecule has 0 saturated heterocycles. The highest BCUT2D eigenvalue weighted by atomic mass is 16.3. The maximum absolute atomic E-state index is 11.0. The van der Waals surface area contributed by atoms with Crippen molar-refractivity contribution >= 4 is 12.0 Å². The van der Waals surface area contributed by atoms with Crippen LogP contribution in [-0.2, 0) is 0 Å². The molecule has 66 valence electrons. The van der Waals surface area contributed by atoms with E-state index in [2.05, 4.69) is 4.79 Å². The Kier molecular flexibility index (Phi) is 2.52. The van der Waals surface area contributed by atoms with Crippen molar-refractivity contribution in [1.29, 1.82) is 0 Å². The number of hydrogen-bond acceptors (Lipinski definition) is 3. The Bertz CT molecular complexity index is 441. The third-order valence-electron chi connectivity index (χ3n) is 1.31. The number of Topliss-reactive ketones (excluding diaryl/α,β-unsaturated/α-hetero) is 1. The van der Waals surface area contributed by atoms with Crippen molar-refractivity contribution < 1.29 is 14.0 Å². The van der Waals surface area contributed by atoms with E-state index in [9.17, 15) is 9.59 Å². The Labute approximate surface area is 73.2 Å². The Balaban J connectivity index is 3.23. The Hall–Kier alpha value is -2.00. The van der Waals surface area contributed by atoms with Crippen LogP contribution in [0.4, 0.5) is 0 Å². The largest absolute Gasteiger partial charge is 0.457 e. The quantitative estimate of drug-likeness (QED) is 0.285. The van der Waals surface area contributed by atoms with E-state index in [1.54, 1.807) is 6.92 Å². The fraction of sp³-hybridized carbons (Fsp3) is 0.125. The average Bonchev–Trinajstić information content (AvgIpc) is 2.03. The average molecular weight is 178 g/mol. The van der Waals surface area contributed by atoms with Gasteiger partial charge >= 0.3 is 12.0 Å². The molecule has 0 amide bonds. The molecule has 0 atom stereocenters. The Morgan fingerprint density at radius 3 is 2.85 bits per heavy atom. The highest BCUT2D eigenvalue weighted by Crippen LogP contribution is 1.99. The lowest BCUT2D eigenvalue weighted by Gasteiger charge is -1.93. The van der Waals surface area contributed by atoms with Gasteiger partial charge < -0.3 is 9.95 Å². The van der Waals surface area contributed by atoms with Gasteiger partial charge in [-0.1, -0.05) is 0 Å². The van der Waals surface area contributed by atoms with Crippen molar-refractivity contribution in [3.63, 3.8) is 0 Å². The number of nitrogens with zero attached hydrogens (tertiary/aromatic N) is 2. The van der Waals surface area contributed by atoms with Crippen LogP contribution in [0.25, 0.3) is 5.53 Å². The molecular formula is C8H6N2O3. The van der Waals surface area contributed by atoms with Gasteiger partial charge in [-0.3, -0.25) is 9.59 Å². The molecule has 0 saturated carbocycles. The summed E-state index contributed by atoms with van der Waals surface area (Å²) in [5.41, 5.74) is 7.74. The summed E-state index contributed by atoms with van der Waals surface area (Å²) in [5.74, 6) is -0.451. The topological polar surface area (TPSA) is 83.7 Å². The molecule has 0 unspecified atom stereocenters. The lowest BCUT2D eigenvalue weighted by molar-refractivity contribution is 0.00207. The number of carbonyl (C=O) groups is 1. The van der Waals surface area contributed by atoms with E-state index in [1.807, 2.05) is 0 Å². The van der Waals surface area contributed by atoms with E-state index in [0.717, 1.165) is 6.07 Å². The smallest absolute Gasteiger partial charge is 0.331 e. The molecule has 1 aromatic heterocycles. The lowest BCUT2D eigenvalue weighted by Crippen LogP contribution is -2.07. The van der Waals surface area contributed by atoms with Gasteiger partial charge in [-0.05, 0) is 6.92 Å². The number of ketones is 1. The van der Waals surface area contributed by atoms with Gasteiger partial charge in [0.1, 0.15) is 5.76 Å². The minimum atomic E-state index is -0.650. The number of hydrogen-bond donors (Lipinski definition) is 0. The van der Waals surface area contributed by atoms with Crippen LogP contribution >= 0.6 is 0 Å². The molecule has 1 heterocycles. The van der Waals surface area contributed by atoms with E-state index in [4.69, 9.17) is 9.95 Å². The van der Waals surface area contributed by atoms with Crippen molar-refractivity contribution in [3.05, 3.63) is 39.4 Å². The van der Waals surface area contributed by atoms with Crippen molar-refractivity contribution in [2.45, 2.75) is 6.92 Å². The second-order valence-corrected chi connectivity index (χ2v) is 2.38. The zero-order valence-electron chi connectivity index (χ0n) is 6.85. The molecular weight excluding hydrogens is 172 g/mol. The van der Waals surface area contributed by atoms with Crippen molar-refractivity contribution in [2.24, 2.45) is 0 Å². The van der Waals surface area contributed by atoms with E-state index >= 15 is 0 Å². The standard InChI is InChI=1S/C8H6N2O3/c1-5-2-6(11)3-8(13-5)7(12)4-10-9/h2-4H,1H3. The van der Waals surface area contributed by atoms with Crippen LogP contribution in [-0.4, -0.2) is 16.8 Å². The molecule has 0 N–H and O–H groups in total. The molecule has 0 spiro atoms. The van der Waals surface area contributed by atoms with E-state index in [1.165, 1.54) is 6.07 Å². The van der Waals surface area contributed by atoms with E-state index in [0.29, 0.717) is 12.0 Å². The first-order valence-corrected chi connectivity index (χ1v) is 3.47. The predicted molar refractivity (Wildman–Crippen MR) is 43.7 cm³/mol. The van der Waals surface area contributed by atoms with Crippen LogP contribution in [0.1, 0.15) is 16.3 Å². The molecule has 0 aliphatic rings. The predicted octanol–water partition coefficient (Wildman–Crippen LogP) is 0.432. The van der Waals surface area contributed by atoms with E-state index in [-0.39, 0.29) is 11.2 Å². The number of aryl methyl sites for hydroxylation is 1. The van der Waals surface area contributed by atoms with E-state index < -0.39 is 5.78 Å². The van der Waals surface area contributed by atoms with Crippen molar-refractivity contribution in [2.75, 3.05) is 0 Å². The first-order chi connectivity index (χ1) is 6.13. The van der Waals surface area contributed by atoms with Crippen LogP contribution in [0, 0.1) is 6.92 Å². The molecule has 5 heteroatoms. The molecule has 0 radical (unpaired) electrons. The molecule has 0 bridgehead atoms.